The predicted octanol–water partition coefficient (Wildman–Crippen LogP) is 6.91. The zero-order chi connectivity index (χ0) is 37.3. The number of carbonyl (C=O) groups is 1. The first-order valence-electron chi connectivity index (χ1n) is 16.5. The van der Waals surface area contributed by atoms with E-state index in [1.807, 2.05) is 4.90 Å². The highest BCUT2D eigenvalue weighted by atomic mass is 32.1. The fourth-order valence-corrected chi connectivity index (χ4v) is 8.95. The van der Waals surface area contributed by atoms with Crippen LogP contribution in [0.25, 0.3) is 32.1 Å². The molecule has 276 valence electrons. The van der Waals surface area contributed by atoms with Crippen LogP contribution in [0.1, 0.15) is 43.7 Å². The maximum atomic E-state index is 17.1. The molecule has 2 aromatic carbocycles. The van der Waals surface area contributed by atoms with Gasteiger partial charge >= 0.3 is 12.2 Å². The minimum absolute atomic E-state index is 0.0102. The second-order valence-corrected chi connectivity index (χ2v) is 14.3. The lowest BCUT2D eigenvalue weighted by molar-refractivity contribution is -0.137. The molecule has 3 unspecified atom stereocenters. The van der Waals surface area contributed by atoms with Crippen molar-refractivity contribution in [1.82, 2.24) is 19.8 Å². The molecule has 0 radical (unpaired) electrons. The number of ether oxygens (including phenoxy) is 1. The molecular weight excluding hydrogens is 722 g/mol. The van der Waals surface area contributed by atoms with Crippen LogP contribution in [-0.4, -0.2) is 89.2 Å². The number of nitriles is 1. The second kappa shape index (κ2) is 13.2. The molecule has 0 saturated carbocycles. The van der Waals surface area contributed by atoms with Gasteiger partial charge in [0.05, 0.1) is 34.0 Å². The van der Waals surface area contributed by atoms with Crippen molar-refractivity contribution in [1.29, 1.82) is 5.26 Å². The molecule has 3 aliphatic heterocycles. The van der Waals surface area contributed by atoms with Crippen molar-refractivity contribution >= 4 is 49.1 Å². The summed E-state index contributed by atoms with van der Waals surface area (Å²) in [4.78, 5) is 25.7. The van der Waals surface area contributed by atoms with Gasteiger partial charge in [0.2, 0.25) is 5.91 Å². The SMILES string of the molecule is CCN(c1nc(OCC23CCCN2CC(F)C3)nc2c(F)c(-c3ccc(F)c4sc(N)c(C#N)c34)c(C(F)(F)F)cc12)C1CC(=O)N(CC(F)F)C1. The highest BCUT2D eigenvalue weighted by Crippen LogP contribution is 2.48. The van der Waals surface area contributed by atoms with Crippen molar-refractivity contribution in [2.75, 3.05) is 50.0 Å². The lowest BCUT2D eigenvalue weighted by atomic mass is 9.92. The van der Waals surface area contributed by atoms with Crippen LogP contribution >= 0.6 is 11.3 Å². The number of nitrogen functional groups attached to an aromatic ring is 1. The number of alkyl halides is 6. The molecular formula is C34H31F8N7O2S. The van der Waals surface area contributed by atoms with E-state index in [2.05, 4.69) is 9.97 Å². The van der Waals surface area contributed by atoms with Crippen molar-refractivity contribution in [2.24, 2.45) is 0 Å². The van der Waals surface area contributed by atoms with Gasteiger partial charge in [0, 0.05) is 48.8 Å². The van der Waals surface area contributed by atoms with E-state index in [1.165, 1.54) is 4.90 Å². The van der Waals surface area contributed by atoms with Crippen molar-refractivity contribution in [3.8, 4) is 23.2 Å². The zero-order valence-corrected chi connectivity index (χ0v) is 28.4. The van der Waals surface area contributed by atoms with Gasteiger partial charge in [-0.25, -0.2) is 22.0 Å². The molecule has 2 N–H and O–H groups in total. The monoisotopic (exact) mass is 753 g/mol. The average Bonchev–Trinajstić information content (AvgIpc) is 3.81. The van der Waals surface area contributed by atoms with Crippen LogP contribution in [0, 0.1) is 23.0 Å². The van der Waals surface area contributed by atoms with Crippen LogP contribution in [0.15, 0.2) is 18.2 Å². The third kappa shape index (κ3) is 6.00. The molecule has 0 aliphatic carbocycles. The Labute approximate surface area is 295 Å². The Morgan fingerprint density at radius 1 is 1.23 bits per heavy atom. The summed E-state index contributed by atoms with van der Waals surface area (Å²) in [5.74, 6) is -3.20. The van der Waals surface area contributed by atoms with Crippen LogP contribution in [0.3, 0.4) is 0 Å². The summed E-state index contributed by atoms with van der Waals surface area (Å²) in [5.41, 5.74) is 1.32. The van der Waals surface area contributed by atoms with Crippen LogP contribution in [0.2, 0.25) is 0 Å². The van der Waals surface area contributed by atoms with Gasteiger partial charge in [0.1, 0.15) is 41.0 Å². The lowest BCUT2D eigenvalue weighted by Crippen LogP contribution is -2.43. The van der Waals surface area contributed by atoms with E-state index in [0.29, 0.717) is 30.4 Å². The van der Waals surface area contributed by atoms with E-state index in [9.17, 15) is 27.6 Å². The molecule has 9 nitrogen and oxygen atoms in total. The van der Waals surface area contributed by atoms with Gasteiger partial charge < -0.3 is 20.3 Å². The molecule has 4 aromatic rings. The van der Waals surface area contributed by atoms with Crippen molar-refractivity contribution in [3.05, 3.63) is 41.0 Å². The van der Waals surface area contributed by atoms with Crippen LogP contribution in [0.5, 0.6) is 6.01 Å². The average molecular weight is 754 g/mol. The topological polar surface area (TPSA) is 112 Å². The maximum Gasteiger partial charge on any atom is 0.417 e. The molecule has 3 fully saturated rings. The summed E-state index contributed by atoms with van der Waals surface area (Å²) in [6, 6.07) is 2.93. The summed E-state index contributed by atoms with van der Waals surface area (Å²) in [6.45, 7) is 1.29. The normalized spacial score (nSPS) is 22.2. The largest absolute Gasteiger partial charge is 0.461 e. The first-order chi connectivity index (χ1) is 24.7. The van der Waals surface area contributed by atoms with Crippen LogP contribution in [0.4, 0.5) is 45.9 Å². The van der Waals surface area contributed by atoms with E-state index in [4.69, 9.17) is 10.5 Å². The number of rotatable bonds is 9. The van der Waals surface area contributed by atoms with E-state index < -0.39 is 88.0 Å². The van der Waals surface area contributed by atoms with Crippen molar-refractivity contribution < 1.29 is 44.7 Å². The number of amides is 1. The Hall–Kier alpha value is -4.50. The third-order valence-corrected chi connectivity index (χ3v) is 11.3. The minimum Gasteiger partial charge on any atom is -0.461 e. The highest BCUT2D eigenvalue weighted by molar-refractivity contribution is 7.23. The Bertz CT molecular complexity index is 2120. The smallest absolute Gasteiger partial charge is 0.417 e. The molecule has 3 aliphatic rings. The Morgan fingerprint density at radius 3 is 2.69 bits per heavy atom. The molecule has 7 rings (SSSR count). The number of likely N-dealkylation sites (tertiary alicyclic amines) is 1. The molecule has 0 spiro atoms. The second-order valence-electron chi connectivity index (χ2n) is 13.3. The number of hydrogen-bond acceptors (Lipinski definition) is 9. The van der Waals surface area contributed by atoms with E-state index >= 15 is 17.6 Å². The van der Waals surface area contributed by atoms with Gasteiger partial charge in [-0.05, 0) is 44.0 Å². The fraction of sp³-hybridized carbons (Fsp3) is 0.471. The fourth-order valence-electron chi connectivity index (χ4n) is 8.00. The van der Waals surface area contributed by atoms with Crippen molar-refractivity contribution in [3.63, 3.8) is 0 Å². The van der Waals surface area contributed by atoms with E-state index in [1.54, 1.807) is 13.0 Å². The molecule has 2 aromatic heterocycles. The van der Waals surface area contributed by atoms with Gasteiger partial charge in [0.25, 0.3) is 6.43 Å². The molecule has 3 atom stereocenters. The summed E-state index contributed by atoms with van der Waals surface area (Å²) in [7, 11) is 0. The lowest BCUT2D eigenvalue weighted by Gasteiger charge is -2.32. The van der Waals surface area contributed by atoms with E-state index in [-0.39, 0.29) is 65.6 Å². The number of nitrogens with zero attached hydrogens (tertiary/aromatic N) is 6. The zero-order valence-electron chi connectivity index (χ0n) is 27.5. The molecule has 18 heteroatoms. The number of carbonyl (C=O) groups excluding carboxylic acids is 1. The van der Waals surface area contributed by atoms with Crippen LogP contribution < -0.4 is 15.4 Å². The van der Waals surface area contributed by atoms with Gasteiger partial charge in [0.15, 0.2) is 5.82 Å². The Kier molecular flexibility index (Phi) is 9.09. The first kappa shape index (κ1) is 35.9. The number of aromatic nitrogens is 2. The molecule has 1 amide bonds. The number of likely N-dealkylation sites (N-methyl/N-ethyl adjacent to an activating group) is 1. The Balaban J connectivity index is 1.45. The number of anilines is 2. The number of thiophene rings is 1. The van der Waals surface area contributed by atoms with Gasteiger partial charge in [-0.15, -0.1) is 11.3 Å². The van der Waals surface area contributed by atoms with Gasteiger partial charge in [-0.2, -0.15) is 28.4 Å². The molecule has 3 saturated heterocycles. The molecule has 52 heavy (non-hydrogen) atoms. The van der Waals surface area contributed by atoms with Crippen LogP contribution in [-0.2, 0) is 11.0 Å². The van der Waals surface area contributed by atoms with Gasteiger partial charge in [-0.1, -0.05) is 6.07 Å². The summed E-state index contributed by atoms with van der Waals surface area (Å²) in [5, 5.41) is 8.92. The van der Waals surface area contributed by atoms with E-state index in [0.717, 1.165) is 23.5 Å². The number of benzene rings is 2. The first-order valence-corrected chi connectivity index (χ1v) is 17.3. The standard InChI is InChI=1S/C34H31F8N7O2S/c1-2-49(17-8-24(50)47(13-17)14-23(37)38)31-19-9-21(34(40,41)42)26(18-4-5-22(36)29-25(18)20(11-43)30(44)52-29)27(39)28(19)45-32(46-31)51-15-33-6-3-7-48(33)12-16(35)10-33/h4-5,9,16-17,23H,2-3,6-8,10,12-15,44H2,1H3. The van der Waals surface area contributed by atoms with Gasteiger partial charge in [-0.3, -0.25) is 9.69 Å². The summed E-state index contributed by atoms with van der Waals surface area (Å²) >= 11 is 0.632. The number of fused-ring (bicyclic) bond motifs is 3. The quantitative estimate of drug-likeness (QED) is 0.184. The number of hydrogen-bond donors (Lipinski definition) is 1. The predicted molar refractivity (Wildman–Crippen MR) is 177 cm³/mol. The number of halogens is 8. The third-order valence-electron chi connectivity index (χ3n) is 10.2. The minimum atomic E-state index is -5.21. The molecule has 5 heterocycles. The highest BCUT2D eigenvalue weighted by Gasteiger charge is 2.49. The molecule has 0 bridgehead atoms. The van der Waals surface area contributed by atoms with Crippen molar-refractivity contribution in [2.45, 2.75) is 63.0 Å². The Morgan fingerprint density at radius 2 is 2.00 bits per heavy atom. The summed E-state index contributed by atoms with van der Waals surface area (Å²) < 4.78 is 124. The number of nitrogens with two attached hydrogens (primary N) is 1. The maximum absolute atomic E-state index is 17.1. The summed E-state index contributed by atoms with van der Waals surface area (Å²) in [6.07, 6.45) is -7.88.